The summed E-state index contributed by atoms with van der Waals surface area (Å²) < 4.78 is 0. The number of rotatable bonds is 1. The molecule has 0 amide bonds. The summed E-state index contributed by atoms with van der Waals surface area (Å²) in [5, 5.41) is 0.735. The van der Waals surface area contributed by atoms with E-state index >= 15 is 0 Å². The van der Waals surface area contributed by atoms with Crippen LogP contribution < -0.4 is 0 Å². The SMILES string of the molecule is C=C1COOC1(C)CBr. The van der Waals surface area contributed by atoms with Crippen molar-refractivity contribution in [1.29, 1.82) is 0 Å². The minimum absolute atomic E-state index is 0.306. The minimum atomic E-state index is -0.306. The molecule has 1 saturated heterocycles. The maximum atomic E-state index is 4.96. The average molecular weight is 193 g/mol. The van der Waals surface area contributed by atoms with Gasteiger partial charge in [-0.05, 0) is 12.5 Å². The van der Waals surface area contributed by atoms with Gasteiger partial charge in [-0.25, -0.2) is 9.78 Å². The van der Waals surface area contributed by atoms with Crippen molar-refractivity contribution in [2.24, 2.45) is 0 Å². The molecule has 1 heterocycles. The largest absolute Gasteiger partial charge is 0.231 e. The molecule has 1 rings (SSSR count). The van der Waals surface area contributed by atoms with Crippen LogP contribution in [-0.4, -0.2) is 17.5 Å². The second-order valence-electron chi connectivity index (χ2n) is 2.31. The monoisotopic (exact) mass is 192 g/mol. The van der Waals surface area contributed by atoms with E-state index in [1.54, 1.807) is 0 Å². The predicted octanol–water partition coefficient (Wildman–Crippen LogP) is 1.66. The molecule has 1 fully saturated rings. The van der Waals surface area contributed by atoms with Crippen LogP contribution in [0.1, 0.15) is 6.92 Å². The van der Waals surface area contributed by atoms with Crippen molar-refractivity contribution in [3.8, 4) is 0 Å². The van der Waals surface area contributed by atoms with Crippen LogP contribution in [0.5, 0.6) is 0 Å². The summed E-state index contributed by atoms with van der Waals surface area (Å²) in [4.78, 5) is 9.69. The Balaban J connectivity index is 2.67. The summed E-state index contributed by atoms with van der Waals surface area (Å²) >= 11 is 3.31. The van der Waals surface area contributed by atoms with Crippen molar-refractivity contribution in [3.63, 3.8) is 0 Å². The fraction of sp³-hybridized carbons (Fsp3) is 0.667. The molecule has 0 spiro atoms. The van der Waals surface area contributed by atoms with Crippen molar-refractivity contribution >= 4 is 15.9 Å². The van der Waals surface area contributed by atoms with E-state index in [0.29, 0.717) is 6.61 Å². The zero-order valence-electron chi connectivity index (χ0n) is 5.32. The van der Waals surface area contributed by atoms with E-state index in [0.717, 1.165) is 10.9 Å². The Hall–Kier alpha value is 0.140. The summed E-state index contributed by atoms with van der Waals surface area (Å²) in [5.74, 6) is 0. The Morgan fingerprint density at radius 3 is 2.78 bits per heavy atom. The first-order valence-corrected chi connectivity index (χ1v) is 3.86. The van der Waals surface area contributed by atoms with Gasteiger partial charge in [-0.2, -0.15) is 0 Å². The standard InChI is InChI=1S/C6H9BrO2/c1-5-3-8-9-6(5,2)4-7/h1,3-4H2,2H3. The van der Waals surface area contributed by atoms with Gasteiger partial charge in [0.2, 0.25) is 0 Å². The lowest BCUT2D eigenvalue weighted by atomic mass is 10.0. The maximum Gasteiger partial charge on any atom is 0.133 e. The van der Waals surface area contributed by atoms with Gasteiger partial charge in [0.1, 0.15) is 12.2 Å². The van der Waals surface area contributed by atoms with E-state index in [9.17, 15) is 0 Å². The molecule has 9 heavy (non-hydrogen) atoms. The van der Waals surface area contributed by atoms with E-state index in [1.165, 1.54) is 0 Å². The number of hydrogen-bond donors (Lipinski definition) is 0. The third-order valence-electron chi connectivity index (χ3n) is 1.48. The Morgan fingerprint density at radius 1 is 1.89 bits per heavy atom. The smallest absolute Gasteiger partial charge is 0.133 e. The molecule has 0 aromatic rings. The lowest BCUT2D eigenvalue weighted by Crippen LogP contribution is -2.26. The van der Waals surface area contributed by atoms with Crippen molar-refractivity contribution in [2.75, 3.05) is 11.9 Å². The first-order chi connectivity index (χ1) is 4.19. The third kappa shape index (κ3) is 1.18. The Morgan fingerprint density at radius 2 is 2.56 bits per heavy atom. The molecule has 3 heteroatoms. The first kappa shape index (κ1) is 7.25. The van der Waals surface area contributed by atoms with Crippen LogP contribution in [0.25, 0.3) is 0 Å². The second kappa shape index (κ2) is 2.40. The zero-order valence-corrected chi connectivity index (χ0v) is 6.90. The molecule has 52 valence electrons. The van der Waals surface area contributed by atoms with Crippen molar-refractivity contribution < 1.29 is 9.78 Å². The molecule has 0 bridgehead atoms. The van der Waals surface area contributed by atoms with Gasteiger partial charge in [-0.15, -0.1) is 0 Å². The van der Waals surface area contributed by atoms with Crippen LogP contribution >= 0.6 is 15.9 Å². The molecule has 0 aromatic carbocycles. The normalized spacial score (nSPS) is 35.6. The highest BCUT2D eigenvalue weighted by Crippen LogP contribution is 2.28. The number of halogens is 1. The third-order valence-corrected chi connectivity index (χ3v) is 2.55. The molecule has 0 aromatic heterocycles. The lowest BCUT2D eigenvalue weighted by molar-refractivity contribution is -0.297. The van der Waals surface area contributed by atoms with Crippen molar-refractivity contribution in [3.05, 3.63) is 12.2 Å². The fourth-order valence-electron chi connectivity index (χ4n) is 0.559. The molecule has 2 nitrogen and oxygen atoms in total. The van der Waals surface area contributed by atoms with E-state index in [2.05, 4.69) is 22.5 Å². The van der Waals surface area contributed by atoms with E-state index in [1.807, 2.05) is 6.92 Å². The summed E-state index contributed by atoms with van der Waals surface area (Å²) in [6.07, 6.45) is 0. The van der Waals surface area contributed by atoms with E-state index < -0.39 is 0 Å². The van der Waals surface area contributed by atoms with Gasteiger partial charge >= 0.3 is 0 Å². The topological polar surface area (TPSA) is 18.5 Å². The molecule has 0 N–H and O–H groups in total. The molecule has 1 atom stereocenters. The highest BCUT2D eigenvalue weighted by molar-refractivity contribution is 9.09. The van der Waals surface area contributed by atoms with Crippen LogP contribution in [0.4, 0.5) is 0 Å². The van der Waals surface area contributed by atoms with Gasteiger partial charge < -0.3 is 0 Å². The Kier molecular flexibility index (Phi) is 1.94. The molecule has 0 radical (unpaired) electrons. The van der Waals surface area contributed by atoms with E-state index in [-0.39, 0.29) is 5.60 Å². The second-order valence-corrected chi connectivity index (χ2v) is 2.87. The van der Waals surface area contributed by atoms with Crippen molar-refractivity contribution in [1.82, 2.24) is 0 Å². The Labute approximate surface area is 62.9 Å². The van der Waals surface area contributed by atoms with Gasteiger partial charge in [0.05, 0.1) is 0 Å². The van der Waals surface area contributed by atoms with Crippen LogP contribution in [0.3, 0.4) is 0 Å². The Bertz CT molecular complexity index is 135. The first-order valence-electron chi connectivity index (χ1n) is 2.74. The number of hydrogen-bond acceptors (Lipinski definition) is 2. The molecular formula is C6H9BrO2. The number of alkyl halides is 1. The summed E-state index contributed by atoms with van der Waals surface area (Å²) in [6, 6.07) is 0. The molecule has 1 aliphatic heterocycles. The van der Waals surface area contributed by atoms with Gasteiger partial charge in [-0.3, -0.25) is 0 Å². The molecule has 0 aliphatic carbocycles. The summed E-state index contributed by atoms with van der Waals surface area (Å²) in [7, 11) is 0. The van der Waals surface area contributed by atoms with Gasteiger partial charge in [0.15, 0.2) is 0 Å². The quantitative estimate of drug-likeness (QED) is 0.358. The lowest BCUT2D eigenvalue weighted by Gasteiger charge is -2.16. The van der Waals surface area contributed by atoms with Crippen LogP contribution in [-0.2, 0) is 9.78 Å². The maximum absolute atomic E-state index is 4.96. The molecular weight excluding hydrogens is 184 g/mol. The highest BCUT2D eigenvalue weighted by atomic mass is 79.9. The summed E-state index contributed by atoms with van der Waals surface area (Å²) in [5.41, 5.74) is 0.680. The average Bonchev–Trinajstić information content (AvgIpc) is 2.15. The molecule has 1 unspecified atom stereocenters. The molecule has 1 aliphatic rings. The predicted molar refractivity (Wildman–Crippen MR) is 38.4 cm³/mol. The van der Waals surface area contributed by atoms with Gasteiger partial charge in [-0.1, -0.05) is 22.5 Å². The van der Waals surface area contributed by atoms with E-state index in [4.69, 9.17) is 9.78 Å². The van der Waals surface area contributed by atoms with Gasteiger partial charge in [0.25, 0.3) is 0 Å². The van der Waals surface area contributed by atoms with Crippen LogP contribution in [0.15, 0.2) is 12.2 Å². The van der Waals surface area contributed by atoms with Gasteiger partial charge in [0, 0.05) is 5.33 Å². The van der Waals surface area contributed by atoms with Crippen LogP contribution in [0.2, 0.25) is 0 Å². The van der Waals surface area contributed by atoms with Crippen LogP contribution in [0, 0.1) is 0 Å². The zero-order chi connectivity index (χ0) is 6.91. The summed E-state index contributed by atoms with van der Waals surface area (Å²) in [6.45, 7) is 6.26. The van der Waals surface area contributed by atoms with Crippen molar-refractivity contribution in [2.45, 2.75) is 12.5 Å². The minimum Gasteiger partial charge on any atom is -0.231 e. The molecule has 0 saturated carbocycles. The fourth-order valence-corrected chi connectivity index (χ4v) is 1.05. The highest BCUT2D eigenvalue weighted by Gasteiger charge is 2.34.